The lowest BCUT2D eigenvalue weighted by Gasteiger charge is -2.11. The van der Waals surface area contributed by atoms with Crippen molar-refractivity contribution in [3.8, 4) is 11.3 Å². The van der Waals surface area contributed by atoms with E-state index in [0.717, 1.165) is 29.9 Å². The standard InChI is InChI=1S/C24H23F3N6O/c1-32-14-16(13-29-32)20-11-18(17-5-2-3-6-19(17)30-20)23(34)28-9-4-10-33-21(15-7-8-15)12-22(31-33)24(25,26)27/h2-3,5-6,11-15H,4,7-10H2,1H3,(H,28,34). The van der Waals surface area contributed by atoms with Gasteiger partial charge in [-0.1, -0.05) is 18.2 Å². The van der Waals surface area contributed by atoms with Crippen molar-refractivity contribution in [1.82, 2.24) is 29.9 Å². The van der Waals surface area contributed by atoms with Gasteiger partial charge < -0.3 is 5.32 Å². The van der Waals surface area contributed by atoms with Crippen molar-refractivity contribution < 1.29 is 18.0 Å². The summed E-state index contributed by atoms with van der Waals surface area (Å²) in [6, 6.07) is 10.3. The van der Waals surface area contributed by atoms with Gasteiger partial charge in [-0.3, -0.25) is 14.2 Å². The van der Waals surface area contributed by atoms with Gasteiger partial charge in [-0.05, 0) is 37.5 Å². The molecule has 3 aromatic heterocycles. The van der Waals surface area contributed by atoms with E-state index < -0.39 is 11.9 Å². The van der Waals surface area contributed by atoms with Gasteiger partial charge in [0.15, 0.2) is 5.69 Å². The van der Waals surface area contributed by atoms with Crippen molar-refractivity contribution in [2.75, 3.05) is 6.54 Å². The van der Waals surface area contributed by atoms with Gasteiger partial charge >= 0.3 is 6.18 Å². The number of alkyl halides is 3. The van der Waals surface area contributed by atoms with Crippen molar-refractivity contribution in [3.05, 3.63) is 65.7 Å². The van der Waals surface area contributed by atoms with Crippen LogP contribution in [-0.2, 0) is 19.8 Å². The van der Waals surface area contributed by atoms with Gasteiger partial charge in [0.1, 0.15) is 0 Å². The highest BCUT2D eigenvalue weighted by molar-refractivity contribution is 6.07. The van der Waals surface area contributed by atoms with Gasteiger partial charge in [0.25, 0.3) is 5.91 Å². The second-order valence-corrected chi connectivity index (χ2v) is 8.53. The number of amides is 1. The Morgan fingerprint density at radius 2 is 2.00 bits per heavy atom. The van der Waals surface area contributed by atoms with E-state index in [2.05, 4.69) is 20.5 Å². The van der Waals surface area contributed by atoms with Gasteiger partial charge in [-0.2, -0.15) is 23.4 Å². The number of carbonyl (C=O) groups excluding carboxylic acids is 1. The number of hydrogen-bond acceptors (Lipinski definition) is 4. The number of fused-ring (bicyclic) bond motifs is 1. The Morgan fingerprint density at radius 3 is 2.71 bits per heavy atom. The average Bonchev–Trinajstić information content (AvgIpc) is 3.40. The highest BCUT2D eigenvalue weighted by Gasteiger charge is 2.37. The molecule has 176 valence electrons. The third-order valence-electron chi connectivity index (χ3n) is 5.89. The van der Waals surface area contributed by atoms with Gasteiger partial charge in [0, 0.05) is 48.9 Å². The summed E-state index contributed by atoms with van der Waals surface area (Å²) < 4.78 is 42.4. The maximum Gasteiger partial charge on any atom is 0.435 e. The van der Waals surface area contributed by atoms with Crippen LogP contribution in [0, 0.1) is 0 Å². The number of benzene rings is 1. The summed E-state index contributed by atoms with van der Waals surface area (Å²) in [6.45, 7) is 0.614. The summed E-state index contributed by atoms with van der Waals surface area (Å²) in [5.74, 6) is -0.116. The molecular weight excluding hydrogens is 445 g/mol. The molecule has 1 N–H and O–H groups in total. The van der Waals surface area contributed by atoms with Crippen LogP contribution >= 0.6 is 0 Å². The Balaban J connectivity index is 1.30. The lowest BCUT2D eigenvalue weighted by molar-refractivity contribution is -0.141. The van der Waals surface area contributed by atoms with Crippen molar-refractivity contribution >= 4 is 16.8 Å². The SMILES string of the molecule is Cn1cc(-c2cc(C(=O)NCCCn3nc(C(F)(F)F)cc3C3CC3)c3ccccc3n2)cn1. The number of carbonyl (C=O) groups is 1. The van der Waals surface area contributed by atoms with E-state index in [1.54, 1.807) is 16.9 Å². The number of pyridine rings is 1. The highest BCUT2D eigenvalue weighted by Crippen LogP contribution is 2.42. The van der Waals surface area contributed by atoms with Gasteiger partial charge in [0.2, 0.25) is 0 Å². The molecule has 3 heterocycles. The van der Waals surface area contributed by atoms with Crippen LogP contribution in [0.2, 0.25) is 0 Å². The smallest absolute Gasteiger partial charge is 0.352 e. The molecule has 0 bridgehead atoms. The Labute approximate surface area is 193 Å². The summed E-state index contributed by atoms with van der Waals surface area (Å²) in [5.41, 5.74) is 2.39. The van der Waals surface area contributed by atoms with Crippen LogP contribution in [-0.4, -0.2) is 37.0 Å². The van der Waals surface area contributed by atoms with E-state index in [-0.39, 0.29) is 11.8 Å². The molecule has 0 spiro atoms. The Bertz CT molecular complexity index is 1350. The first kappa shape index (κ1) is 22.1. The fourth-order valence-corrected chi connectivity index (χ4v) is 4.05. The minimum absolute atomic E-state index is 0.146. The van der Waals surface area contributed by atoms with E-state index >= 15 is 0 Å². The molecule has 1 aliphatic rings. The average molecular weight is 468 g/mol. The second-order valence-electron chi connectivity index (χ2n) is 8.53. The molecule has 7 nitrogen and oxygen atoms in total. The van der Waals surface area contributed by atoms with Crippen LogP contribution in [0.1, 0.15) is 46.9 Å². The number of nitrogens with zero attached hydrogens (tertiary/aromatic N) is 5. The van der Waals surface area contributed by atoms with E-state index in [1.165, 1.54) is 4.68 Å². The van der Waals surface area contributed by atoms with E-state index in [0.29, 0.717) is 42.0 Å². The van der Waals surface area contributed by atoms with Gasteiger partial charge in [-0.15, -0.1) is 0 Å². The van der Waals surface area contributed by atoms with Crippen molar-refractivity contribution in [1.29, 1.82) is 0 Å². The van der Waals surface area contributed by atoms with Crippen LogP contribution < -0.4 is 5.32 Å². The molecule has 1 fully saturated rings. The molecular formula is C24H23F3N6O. The largest absolute Gasteiger partial charge is 0.435 e. The molecule has 0 aliphatic heterocycles. The quantitative estimate of drug-likeness (QED) is 0.404. The van der Waals surface area contributed by atoms with Crippen LogP contribution in [0.5, 0.6) is 0 Å². The zero-order chi connectivity index (χ0) is 23.9. The zero-order valence-corrected chi connectivity index (χ0v) is 18.5. The van der Waals surface area contributed by atoms with Crippen LogP contribution in [0.4, 0.5) is 13.2 Å². The minimum Gasteiger partial charge on any atom is -0.352 e. The molecule has 34 heavy (non-hydrogen) atoms. The lowest BCUT2D eigenvalue weighted by atomic mass is 10.0. The molecule has 5 rings (SSSR count). The van der Waals surface area contributed by atoms with Crippen LogP contribution in [0.25, 0.3) is 22.2 Å². The van der Waals surface area contributed by atoms with Crippen molar-refractivity contribution in [3.63, 3.8) is 0 Å². The monoisotopic (exact) mass is 468 g/mol. The van der Waals surface area contributed by atoms with Gasteiger partial charge in [0.05, 0.1) is 23.0 Å². The number of aromatic nitrogens is 5. The van der Waals surface area contributed by atoms with E-state index in [4.69, 9.17) is 0 Å². The molecule has 0 saturated heterocycles. The molecule has 0 unspecified atom stereocenters. The molecule has 1 aromatic carbocycles. The Kier molecular flexibility index (Phi) is 5.59. The topological polar surface area (TPSA) is 77.6 Å². The van der Waals surface area contributed by atoms with Crippen molar-refractivity contribution in [2.24, 2.45) is 7.05 Å². The minimum atomic E-state index is -4.46. The number of hydrogen-bond donors (Lipinski definition) is 1. The molecule has 0 radical (unpaired) electrons. The van der Waals surface area contributed by atoms with Crippen LogP contribution in [0.15, 0.2) is 48.8 Å². The maximum atomic E-state index is 13.1. The summed E-state index contributed by atoms with van der Waals surface area (Å²) in [7, 11) is 1.81. The summed E-state index contributed by atoms with van der Waals surface area (Å²) in [6.07, 6.45) is 1.29. The number of nitrogens with one attached hydrogen (secondary N) is 1. The third-order valence-corrected chi connectivity index (χ3v) is 5.89. The first-order chi connectivity index (χ1) is 16.3. The molecule has 4 aromatic rings. The maximum absolute atomic E-state index is 13.1. The second kappa shape index (κ2) is 8.58. The highest BCUT2D eigenvalue weighted by atomic mass is 19.4. The fourth-order valence-electron chi connectivity index (χ4n) is 4.05. The summed E-state index contributed by atoms with van der Waals surface area (Å²) in [5, 5.41) is 11.6. The number of halogens is 3. The first-order valence-electron chi connectivity index (χ1n) is 11.1. The third kappa shape index (κ3) is 4.52. The first-order valence-corrected chi connectivity index (χ1v) is 11.1. The normalized spacial score (nSPS) is 14.0. The zero-order valence-electron chi connectivity index (χ0n) is 18.5. The molecule has 1 aliphatic carbocycles. The number of aryl methyl sites for hydroxylation is 2. The Morgan fingerprint density at radius 1 is 1.21 bits per heavy atom. The van der Waals surface area contributed by atoms with Gasteiger partial charge in [-0.25, -0.2) is 4.98 Å². The lowest BCUT2D eigenvalue weighted by Crippen LogP contribution is -2.26. The van der Waals surface area contributed by atoms with Crippen LogP contribution in [0.3, 0.4) is 0 Å². The Hall–Kier alpha value is -3.69. The predicted molar refractivity (Wildman–Crippen MR) is 120 cm³/mol. The molecule has 0 atom stereocenters. The van der Waals surface area contributed by atoms with Crippen molar-refractivity contribution in [2.45, 2.75) is 37.9 Å². The van der Waals surface area contributed by atoms with E-state index in [9.17, 15) is 18.0 Å². The summed E-state index contributed by atoms with van der Waals surface area (Å²) >= 11 is 0. The molecule has 1 amide bonds. The fraction of sp³-hybridized carbons (Fsp3) is 0.333. The number of rotatable bonds is 7. The van der Waals surface area contributed by atoms with E-state index in [1.807, 2.05) is 37.5 Å². The number of para-hydroxylation sites is 1. The molecule has 10 heteroatoms. The predicted octanol–water partition coefficient (Wildman–Crippen LogP) is 4.55. The summed E-state index contributed by atoms with van der Waals surface area (Å²) in [4.78, 5) is 17.7. The molecule has 1 saturated carbocycles.